The first kappa shape index (κ1) is 33.6. The van der Waals surface area contributed by atoms with Gasteiger partial charge in [0, 0.05) is 0 Å². The van der Waals surface area contributed by atoms with Gasteiger partial charge in [0.1, 0.15) is 0 Å². The minimum absolute atomic E-state index is 0. The number of rotatable bonds is 3. The van der Waals surface area contributed by atoms with E-state index in [4.69, 9.17) is 0 Å². The standard InChI is InChI=1S/C21H25.C16H21.C3H6.2ClH.Zr/c1-20(2,3)16-9-7-14-11-15-8-10-17(21(4,5)6)13-19(15)18(14)12-16;1-11-2-3-15(4-11)16-8-12-5-13(9-16)7-14(6-12)10-16;1-3-2;;;/h7-13H,1-6H3;2-3,11-14H,5-10H2,1H3;1-2H3;2*1H;/q;;;;;+2/p-2. The molecule has 0 radical (unpaired) electrons. The maximum atomic E-state index is 2.68. The molecule has 6 aliphatic carbocycles. The summed E-state index contributed by atoms with van der Waals surface area (Å²) in [6.07, 6.45) is 14.3. The average Bonchev–Trinajstić information content (AvgIpc) is 3.40. The molecule has 1 atom stereocenters. The van der Waals surface area contributed by atoms with Crippen LogP contribution in [-0.4, -0.2) is 3.21 Å². The Bertz CT molecular complexity index is 1420. The van der Waals surface area contributed by atoms with E-state index in [9.17, 15) is 0 Å². The molecule has 0 spiro atoms. The molecule has 6 aliphatic rings. The fourth-order valence-corrected chi connectivity index (χ4v) is 19.5. The molecule has 2 aromatic carbocycles. The smallest absolute Gasteiger partial charge is 1.00 e. The average molecular weight is 695 g/mol. The quantitative estimate of drug-likeness (QED) is 0.431. The van der Waals surface area contributed by atoms with Gasteiger partial charge in [0.25, 0.3) is 0 Å². The van der Waals surface area contributed by atoms with E-state index in [0.29, 0.717) is 15.0 Å². The molecule has 230 valence electrons. The zero-order valence-electron chi connectivity index (χ0n) is 28.0. The van der Waals surface area contributed by atoms with Crippen LogP contribution in [0.1, 0.15) is 127 Å². The molecule has 0 N–H and O–H groups in total. The third kappa shape index (κ3) is 5.53. The van der Waals surface area contributed by atoms with Crippen molar-refractivity contribution in [2.75, 3.05) is 0 Å². The van der Waals surface area contributed by atoms with Crippen molar-refractivity contribution in [3.63, 3.8) is 0 Å². The van der Waals surface area contributed by atoms with Crippen LogP contribution < -0.4 is 24.8 Å². The molecule has 1 unspecified atom stereocenters. The van der Waals surface area contributed by atoms with E-state index in [2.05, 4.69) is 111 Å². The Kier molecular flexibility index (Phi) is 8.99. The van der Waals surface area contributed by atoms with Crippen LogP contribution in [0.2, 0.25) is 0 Å². The number of hydrogen-bond acceptors (Lipinski definition) is 0. The van der Waals surface area contributed by atoms with Crippen molar-refractivity contribution < 1.29 is 46.1 Å². The first-order chi connectivity index (χ1) is 19.2. The minimum atomic E-state index is -2.33. The van der Waals surface area contributed by atoms with Crippen LogP contribution in [0.15, 0.2) is 57.4 Å². The molecule has 4 fully saturated rings. The normalized spacial score (nSPS) is 28.7. The second-order valence-corrected chi connectivity index (χ2v) is 24.4. The van der Waals surface area contributed by atoms with Crippen molar-refractivity contribution in [3.05, 3.63) is 79.7 Å². The predicted octanol–water partition coefficient (Wildman–Crippen LogP) is 4.87. The molecule has 4 bridgehead atoms. The molecular formula is C40H52Cl2Zr. The number of hydrogen-bond donors (Lipinski definition) is 0. The summed E-state index contributed by atoms with van der Waals surface area (Å²) < 4.78 is 4.35. The second-order valence-electron chi connectivity index (χ2n) is 17.1. The minimum Gasteiger partial charge on any atom is -1.00 e. The van der Waals surface area contributed by atoms with E-state index in [1.54, 1.807) is 25.5 Å². The summed E-state index contributed by atoms with van der Waals surface area (Å²) in [6.45, 7) is 21.8. The SMILES string of the molecule is C[C](C)=[Zr+2]([C]1=C(C23CC4CC(CC(C4)C2)C3)C=CC1C)[CH]1c2ccc(C(C)(C)C)cc2-c2cc(C(C)(C)C)ccc21.[Cl-].[Cl-]. The Balaban J connectivity index is 0.00000184. The Morgan fingerprint density at radius 1 is 0.721 bits per heavy atom. The van der Waals surface area contributed by atoms with Crippen molar-refractivity contribution in [1.29, 1.82) is 0 Å². The summed E-state index contributed by atoms with van der Waals surface area (Å²) in [5, 5.41) is 0. The third-order valence-electron chi connectivity index (χ3n) is 11.8. The fraction of sp³-hybridized carbons (Fsp3) is 0.575. The van der Waals surface area contributed by atoms with Crippen LogP contribution in [0.25, 0.3) is 11.1 Å². The number of halogens is 2. The molecule has 8 rings (SSSR count). The van der Waals surface area contributed by atoms with Crippen LogP contribution >= 0.6 is 0 Å². The maximum absolute atomic E-state index is 2.68. The molecule has 43 heavy (non-hydrogen) atoms. The van der Waals surface area contributed by atoms with E-state index in [0.717, 1.165) is 17.8 Å². The van der Waals surface area contributed by atoms with Gasteiger partial charge in [-0.05, 0) is 0 Å². The van der Waals surface area contributed by atoms with Gasteiger partial charge in [-0.2, -0.15) is 0 Å². The van der Waals surface area contributed by atoms with Gasteiger partial charge >= 0.3 is 260 Å². The predicted molar refractivity (Wildman–Crippen MR) is 173 cm³/mol. The van der Waals surface area contributed by atoms with Crippen LogP contribution in [0, 0.1) is 29.1 Å². The van der Waals surface area contributed by atoms with Gasteiger partial charge in [-0.1, -0.05) is 0 Å². The number of benzene rings is 2. The summed E-state index contributed by atoms with van der Waals surface area (Å²) in [4.78, 5) is 0. The summed E-state index contributed by atoms with van der Waals surface area (Å²) in [6, 6.07) is 15.2. The van der Waals surface area contributed by atoms with E-state index in [1.807, 2.05) is 8.85 Å². The summed E-state index contributed by atoms with van der Waals surface area (Å²) >= 11 is -2.33. The van der Waals surface area contributed by atoms with Gasteiger partial charge in [0.05, 0.1) is 0 Å². The maximum Gasteiger partial charge on any atom is -1.00 e. The first-order valence-electron chi connectivity index (χ1n) is 16.6. The van der Waals surface area contributed by atoms with Crippen molar-refractivity contribution in [2.24, 2.45) is 29.1 Å². The van der Waals surface area contributed by atoms with Crippen LogP contribution in [-0.2, 0) is 32.1 Å². The fourth-order valence-electron chi connectivity index (χ4n) is 10.2. The van der Waals surface area contributed by atoms with Crippen molar-refractivity contribution in [2.45, 2.75) is 115 Å². The van der Waals surface area contributed by atoms with Crippen molar-refractivity contribution in [3.8, 4) is 11.1 Å². The van der Waals surface area contributed by atoms with Gasteiger partial charge < -0.3 is 24.8 Å². The van der Waals surface area contributed by atoms with Gasteiger partial charge in [0.15, 0.2) is 0 Å². The summed E-state index contributed by atoms with van der Waals surface area (Å²) in [5.41, 5.74) is 12.0. The van der Waals surface area contributed by atoms with Gasteiger partial charge in [-0.25, -0.2) is 0 Å². The Labute approximate surface area is 282 Å². The number of fused-ring (bicyclic) bond motifs is 3. The zero-order valence-corrected chi connectivity index (χ0v) is 32.0. The summed E-state index contributed by atoms with van der Waals surface area (Å²) in [7, 11) is 0. The van der Waals surface area contributed by atoms with E-state index >= 15 is 0 Å². The van der Waals surface area contributed by atoms with Gasteiger partial charge in [-0.3, -0.25) is 0 Å². The molecule has 0 aromatic heterocycles. The Hall–Kier alpha value is -0.747. The first-order valence-corrected chi connectivity index (χ1v) is 20.5. The third-order valence-corrected chi connectivity index (χ3v) is 20.6. The molecule has 4 saturated carbocycles. The molecule has 2 aromatic rings. The molecule has 0 saturated heterocycles. The summed E-state index contributed by atoms with van der Waals surface area (Å²) in [5.74, 6) is 3.60. The second kappa shape index (κ2) is 11.5. The molecule has 0 aliphatic heterocycles. The molecular weight excluding hydrogens is 643 g/mol. The monoisotopic (exact) mass is 692 g/mol. The number of allylic oxidation sites excluding steroid dienone is 4. The van der Waals surface area contributed by atoms with Crippen LogP contribution in [0.5, 0.6) is 0 Å². The molecule has 0 amide bonds. The van der Waals surface area contributed by atoms with Gasteiger partial charge in [0.2, 0.25) is 0 Å². The van der Waals surface area contributed by atoms with Crippen molar-refractivity contribution in [1.82, 2.24) is 0 Å². The zero-order chi connectivity index (χ0) is 29.1. The van der Waals surface area contributed by atoms with Crippen LogP contribution in [0.4, 0.5) is 0 Å². The Morgan fingerprint density at radius 3 is 1.56 bits per heavy atom. The van der Waals surface area contributed by atoms with E-state index < -0.39 is 21.3 Å². The molecule has 0 heterocycles. The van der Waals surface area contributed by atoms with Gasteiger partial charge in [-0.15, -0.1) is 0 Å². The largest absolute Gasteiger partial charge is 1.00 e. The topological polar surface area (TPSA) is 0 Å². The van der Waals surface area contributed by atoms with E-state index in [-0.39, 0.29) is 35.6 Å². The van der Waals surface area contributed by atoms with E-state index in [1.165, 1.54) is 49.7 Å². The molecule has 0 nitrogen and oxygen atoms in total. The van der Waals surface area contributed by atoms with Crippen LogP contribution in [0.3, 0.4) is 0 Å². The molecule has 3 heteroatoms. The Morgan fingerprint density at radius 2 is 1.16 bits per heavy atom. The van der Waals surface area contributed by atoms with Crippen molar-refractivity contribution >= 4 is 3.21 Å².